The Morgan fingerprint density at radius 1 is 1.04 bits per heavy atom. The second-order valence-electron chi connectivity index (χ2n) is 6.87. The van der Waals surface area contributed by atoms with Crippen molar-refractivity contribution in [2.24, 2.45) is 0 Å². The van der Waals surface area contributed by atoms with E-state index in [1.165, 1.54) is 16.4 Å². The number of anilines is 1. The van der Waals surface area contributed by atoms with E-state index >= 15 is 0 Å². The second-order valence-corrected chi connectivity index (χ2v) is 8.74. The molecule has 1 saturated heterocycles. The summed E-state index contributed by atoms with van der Waals surface area (Å²) in [6, 6.07) is 8.88. The summed E-state index contributed by atoms with van der Waals surface area (Å²) in [5, 5.41) is -0.148. The van der Waals surface area contributed by atoms with Crippen LogP contribution in [0.4, 0.5) is 5.69 Å². The van der Waals surface area contributed by atoms with Gasteiger partial charge in [-0.05, 0) is 55.9 Å². The number of hydrogen-bond donors (Lipinski definition) is 0. The molecule has 26 heavy (non-hydrogen) atoms. The van der Waals surface area contributed by atoms with Gasteiger partial charge in [-0.2, -0.15) is 4.31 Å². The number of carbonyl (C=O) groups excluding carboxylic acids is 1. The Balaban J connectivity index is 1.64. The van der Waals surface area contributed by atoms with Crippen LogP contribution < -0.4 is 4.90 Å². The number of aryl methyl sites for hydroxylation is 2. The summed E-state index contributed by atoms with van der Waals surface area (Å²) in [6.45, 7) is 3.59. The fraction of sp³-hybridized carbons (Fsp3) is 0.421. The SMILES string of the molecule is Cc1cccc2c1N(C(=O)c1ccc(S(=O)(=O)N3CCCC3)o1)CCC2. The van der Waals surface area contributed by atoms with Gasteiger partial charge in [0.1, 0.15) is 0 Å². The predicted molar refractivity (Wildman–Crippen MR) is 97.9 cm³/mol. The Hall–Kier alpha value is -2.12. The van der Waals surface area contributed by atoms with Crippen molar-refractivity contribution in [1.82, 2.24) is 4.31 Å². The zero-order valence-electron chi connectivity index (χ0n) is 14.8. The van der Waals surface area contributed by atoms with Gasteiger partial charge in [-0.1, -0.05) is 18.2 Å². The number of para-hydroxylation sites is 1. The quantitative estimate of drug-likeness (QED) is 0.828. The average molecular weight is 374 g/mol. The molecule has 2 aliphatic heterocycles. The molecule has 7 heteroatoms. The van der Waals surface area contributed by atoms with E-state index < -0.39 is 10.0 Å². The molecule has 0 unspecified atom stereocenters. The smallest absolute Gasteiger partial charge is 0.294 e. The Labute approximate surface area is 153 Å². The lowest BCUT2D eigenvalue weighted by Gasteiger charge is -2.30. The van der Waals surface area contributed by atoms with Crippen molar-refractivity contribution in [2.75, 3.05) is 24.5 Å². The molecule has 2 aromatic rings. The Kier molecular flexibility index (Phi) is 4.36. The molecule has 138 valence electrons. The number of carbonyl (C=O) groups is 1. The average Bonchev–Trinajstić information content (AvgIpc) is 3.33. The minimum atomic E-state index is -3.65. The number of nitrogens with zero attached hydrogens (tertiary/aromatic N) is 2. The van der Waals surface area contributed by atoms with Crippen molar-refractivity contribution >= 4 is 21.6 Å². The number of benzene rings is 1. The molecule has 0 radical (unpaired) electrons. The van der Waals surface area contributed by atoms with Gasteiger partial charge in [-0.15, -0.1) is 0 Å². The topological polar surface area (TPSA) is 70.8 Å². The minimum Gasteiger partial charge on any atom is -0.438 e. The number of amides is 1. The summed E-state index contributed by atoms with van der Waals surface area (Å²) in [5.74, 6) is -0.220. The standard InChI is InChI=1S/C19H22N2O4S/c1-14-6-4-7-15-8-5-13-21(18(14)15)19(22)16-9-10-17(25-16)26(23,24)20-11-2-3-12-20/h4,6-7,9-10H,2-3,5,8,11-13H2,1H3. The number of rotatable bonds is 3. The highest BCUT2D eigenvalue weighted by atomic mass is 32.2. The number of sulfonamides is 1. The summed E-state index contributed by atoms with van der Waals surface area (Å²) >= 11 is 0. The molecule has 0 atom stereocenters. The van der Waals surface area contributed by atoms with Crippen LogP contribution in [0.1, 0.15) is 40.9 Å². The third-order valence-corrected chi connectivity index (χ3v) is 6.89. The lowest BCUT2D eigenvalue weighted by molar-refractivity contribution is 0.0953. The molecule has 0 bridgehead atoms. The van der Waals surface area contributed by atoms with E-state index in [0.29, 0.717) is 19.6 Å². The van der Waals surface area contributed by atoms with E-state index in [-0.39, 0.29) is 16.8 Å². The molecule has 1 amide bonds. The molecule has 6 nitrogen and oxygen atoms in total. The zero-order valence-corrected chi connectivity index (χ0v) is 15.6. The van der Waals surface area contributed by atoms with Crippen LogP contribution in [0.2, 0.25) is 0 Å². The van der Waals surface area contributed by atoms with E-state index in [4.69, 9.17) is 4.42 Å². The first-order chi connectivity index (χ1) is 12.5. The Morgan fingerprint density at radius 3 is 2.58 bits per heavy atom. The Morgan fingerprint density at radius 2 is 1.81 bits per heavy atom. The van der Waals surface area contributed by atoms with Crippen LogP contribution in [0.25, 0.3) is 0 Å². The van der Waals surface area contributed by atoms with Gasteiger partial charge in [-0.25, -0.2) is 8.42 Å². The molecule has 1 aromatic heterocycles. The highest BCUT2D eigenvalue weighted by Gasteiger charge is 2.32. The van der Waals surface area contributed by atoms with Crippen LogP contribution in [0.5, 0.6) is 0 Å². The summed E-state index contributed by atoms with van der Waals surface area (Å²) in [4.78, 5) is 14.7. The van der Waals surface area contributed by atoms with E-state index in [9.17, 15) is 13.2 Å². The molecule has 4 rings (SSSR count). The lowest BCUT2D eigenvalue weighted by atomic mass is 9.98. The molecule has 3 heterocycles. The van der Waals surface area contributed by atoms with Crippen LogP contribution in [-0.4, -0.2) is 38.3 Å². The maximum atomic E-state index is 13.0. The highest BCUT2D eigenvalue weighted by Crippen LogP contribution is 2.32. The molecule has 1 fully saturated rings. The van der Waals surface area contributed by atoms with Crippen LogP contribution >= 0.6 is 0 Å². The molecular weight excluding hydrogens is 352 g/mol. The third-order valence-electron chi connectivity index (χ3n) is 5.12. The van der Waals surface area contributed by atoms with Crippen molar-refractivity contribution in [3.8, 4) is 0 Å². The van der Waals surface area contributed by atoms with Crippen molar-refractivity contribution in [3.05, 3.63) is 47.2 Å². The predicted octanol–water partition coefficient (Wildman–Crippen LogP) is 2.97. The summed E-state index contributed by atoms with van der Waals surface area (Å²) in [5.41, 5.74) is 3.09. The summed E-state index contributed by atoms with van der Waals surface area (Å²) in [7, 11) is -3.65. The third kappa shape index (κ3) is 2.85. The number of hydrogen-bond acceptors (Lipinski definition) is 4. The molecular formula is C19H22N2O4S. The van der Waals surface area contributed by atoms with Crippen molar-refractivity contribution < 1.29 is 17.6 Å². The molecule has 1 aromatic carbocycles. The minimum absolute atomic E-state index is 0.0684. The Bertz CT molecular complexity index is 942. The van der Waals surface area contributed by atoms with Gasteiger partial charge >= 0.3 is 0 Å². The fourth-order valence-electron chi connectivity index (χ4n) is 3.81. The first-order valence-electron chi connectivity index (χ1n) is 8.99. The van der Waals surface area contributed by atoms with E-state index in [1.54, 1.807) is 4.90 Å². The summed E-state index contributed by atoms with van der Waals surface area (Å²) < 4.78 is 32.1. The fourth-order valence-corrected chi connectivity index (χ4v) is 5.24. The second kappa shape index (κ2) is 6.55. The maximum absolute atomic E-state index is 13.0. The normalized spacial score (nSPS) is 18.1. The van der Waals surface area contributed by atoms with Crippen LogP contribution in [0, 0.1) is 6.92 Å². The molecule has 0 aliphatic carbocycles. The van der Waals surface area contributed by atoms with Gasteiger partial charge in [-0.3, -0.25) is 4.79 Å². The molecule has 0 saturated carbocycles. The van der Waals surface area contributed by atoms with Gasteiger partial charge < -0.3 is 9.32 Å². The molecule has 0 N–H and O–H groups in total. The monoisotopic (exact) mass is 374 g/mol. The van der Waals surface area contributed by atoms with E-state index in [1.807, 2.05) is 25.1 Å². The molecule has 2 aliphatic rings. The summed E-state index contributed by atoms with van der Waals surface area (Å²) in [6.07, 6.45) is 3.53. The largest absolute Gasteiger partial charge is 0.438 e. The number of furan rings is 1. The maximum Gasteiger partial charge on any atom is 0.294 e. The molecule has 0 spiro atoms. The van der Waals surface area contributed by atoms with Crippen LogP contribution in [0.3, 0.4) is 0 Å². The van der Waals surface area contributed by atoms with Crippen LogP contribution in [0.15, 0.2) is 39.8 Å². The van der Waals surface area contributed by atoms with Gasteiger partial charge in [0.05, 0.1) is 5.69 Å². The van der Waals surface area contributed by atoms with Gasteiger partial charge in [0.2, 0.25) is 5.09 Å². The van der Waals surface area contributed by atoms with E-state index in [0.717, 1.165) is 42.5 Å². The first-order valence-corrected chi connectivity index (χ1v) is 10.4. The van der Waals surface area contributed by atoms with Gasteiger partial charge in [0.25, 0.3) is 15.9 Å². The first kappa shape index (κ1) is 17.3. The van der Waals surface area contributed by atoms with Gasteiger partial charge in [0.15, 0.2) is 5.76 Å². The van der Waals surface area contributed by atoms with Crippen molar-refractivity contribution in [1.29, 1.82) is 0 Å². The lowest BCUT2D eigenvalue weighted by Crippen LogP contribution is -2.36. The van der Waals surface area contributed by atoms with Gasteiger partial charge in [0, 0.05) is 19.6 Å². The van der Waals surface area contributed by atoms with Crippen molar-refractivity contribution in [3.63, 3.8) is 0 Å². The number of fused-ring (bicyclic) bond motifs is 1. The van der Waals surface area contributed by atoms with Crippen molar-refractivity contribution in [2.45, 2.75) is 37.7 Å². The zero-order chi connectivity index (χ0) is 18.3. The highest BCUT2D eigenvalue weighted by molar-refractivity contribution is 7.89. The van der Waals surface area contributed by atoms with Crippen LogP contribution in [-0.2, 0) is 16.4 Å². The van der Waals surface area contributed by atoms with E-state index in [2.05, 4.69) is 0 Å².